The number of carbonyl (C=O) groups excluding carboxylic acids is 2. The summed E-state index contributed by atoms with van der Waals surface area (Å²) in [5.41, 5.74) is 5.05. The topological polar surface area (TPSA) is 61.8 Å². The summed E-state index contributed by atoms with van der Waals surface area (Å²) < 4.78 is 0. The van der Waals surface area contributed by atoms with Crippen LogP contribution in [0.3, 0.4) is 0 Å². The molecule has 1 aliphatic rings. The molecular formula is C20H19Cl2N3O2. The van der Waals surface area contributed by atoms with Gasteiger partial charge in [0.1, 0.15) is 0 Å². The lowest BCUT2D eigenvalue weighted by molar-refractivity contribution is -0.125. The van der Waals surface area contributed by atoms with E-state index in [0.717, 1.165) is 18.5 Å². The number of nitrogens with zero attached hydrogens (tertiary/aromatic N) is 2. The van der Waals surface area contributed by atoms with Gasteiger partial charge in [-0.2, -0.15) is 5.10 Å². The zero-order chi connectivity index (χ0) is 19.2. The van der Waals surface area contributed by atoms with E-state index in [4.69, 9.17) is 23.2 Å². The minimum absolute atomic E-state index is 0.0598. The summed E-state index contributed by atoms with van der Waals surface area (Å²) >= 11 is 12.1. The van der Waals surface area contributed by atoms with Crippen molar-refractivity contribution in [3.05, 3.63) is 63.6 Å². The van der Waals surface area contributed by atoms with Crippen LogP contribution in [0.4, 0.5) is 5.69 Å². The van der Waals surface area contributed by atoms with Crippen LogP contribution in [0, 0.1) is 0 Å². The number of hydrogen-bond acceptors (Lipinski definition) is 3. The third-order valence-electron chi connectivity index (χ3n) is 4.36. The van der Waals surface area contributed by atoms with Crippen LogP contribution in [0.15, 0.2) is 47.6 Å². The molecule has 0 aromatic heterocycles. The molecule has 7 heteroatoms. The van der Waals surface area contributed by atoms with Gasteiger partial charge in [-0.3, -0.25) is 9.59 Å². The molecule has 0 unspecified atom stereocenters. The Morgan fingerprint density at radius 3 is 2.59 bits per heavy atom. The molecule has 1 heterocycles. The van der Waals surface area contributed by atoms with Crippen molar-refractivity contribution in [2.75, 3.05) is 11.4 Å². The number of nitrogens with one attached hydrogen (secondary N) is 1. The Balaban J connectivity index is 1.52. The highest BCUT2D eigenvalue weighted by molar-refractivity contribution is 6.38. The number of benzene rings is 2. The highest BCUT2D eigenvalue weighted by atomic mass is 35.5. The van der Waals surface area contributed by atoms with Crippen LogP contribution in [-0.4, -0.2) is 24.6 Å². The van der Waals surface area contributed by atoms with E-state index in [1.807, 2.05) is 24.3 Å². The monoisotopic (exact) mass is 403 g/mol. The van der Waals surface area contributed by atoms with Crippen LogP contribution < -0.4 is 10.3 Å². The molecule has 0 aliphatic carbocycles. The van der Waals surface area contributed by atoms with Gasteiger partial charge in [0.25, 0.3) is 0 Å². The van der Waals surface area contributed by atoms with Gasteiger partial charge >= 0.3 is 0 Å². The second kappa shape index (κ2) is 9.02. The number of rotatable bonds is 5. The molecule has 140 valence electrons. The van der Waals surface area contributed by atoms with Gasteiger partial charge in [0, 0.05) is 30.6 Å². The molecule has 0 saturated carbocycles. The number of para-hydroxylation sites is 1. The fraction of sp³-hybridized carbons (Fsp3) is 0.250. The first-order valence-electron chi connectivity index (χ1n) is 8.70. The summed E-state index contributed by atoms with van der Waals surface area (Å²) in [5, 5.41) is 4.76. The second-order valence-electron chi connectivity index (χ2n) is 6.21. The first kappa shape index (κ1) is 19.4. The fourth-order valence-electron chi connectivity index (χ4n) is 3.01. The number of amides is 2. The minimum Gasteiger partial charge on any atom is -0.312 e. The Morgan fingerprint density at radius 1 is 1.07 bits per heavy atom. The maximum Gasteiger partial charge on any atom is 0.240 e. The van der Waals surface area contributed by atoms with Crippen molar-refractivity contribution in [1.29, 1.82) is 0 Å². The van der Waals surface area contributed by atoms with Crippen molar-refractivity contribution in [1.82, 2.24) is 5.43 Å². The van der Waals surface area contributed by atoms with E-state index in [2.05, 4.69) is 10.5 Å². The molecule has 1 aliphatic heterocycles. The maximum absolute atomic E-state index is 12.5. The predicted octanol–water partition coefficient (Wildman–Crippen LogP) is 4.20. The molecule has 2 aromatic rings. The summed E-state index contributed by atoms with van der Waals surface area (Å²) in [6, 6.07) is 13.0. The third kappa shape index (κ3) is 4.87. The van der Waals surface area contributed by atoms with Gasteiger partial charge in [-0.15, -0.1) is 0 Å². The van der Waals surface area contributed by atoms with Crippen molar-refractivity contribution >= 4 is 46.9 Å². The van der Waals surface area contributed by atoms with Crippen LogP contribution in [0.5, 0.6) is 0 Å². The average Bonchev–Trinajstić information content (AvgIpc) is 2.68. The second-order valence-corrected chi connectivity index (χ2v) is 7.02. The van der Waals surface area contributed by atoms with Crippen molar-refractivity contribution in [2.24, 2.45) is 5.10 Å². The predicted molar refractivity (Wildman–Crippen MR) is 109 cm³/mol. The van der Waals surface area contributed by atoms with Gasteiger partial charge in [-0.05, 0) is 36.6 Å². The van der Waals surface area contributed by atoms with Crippen LogP contribution in [0.2, 0.25) is 10.0 Å². The summed E-state index contributed by atoms with van der Waals surface area (Å²) in [6.45, 7) is 0.681. The van der Waals surface area contributed by atoms with E-state index < -0.39 is 0 Å². The largest absolute Gasteiger partial charge is 0.312 e. The number of fused-ring (bicyclic) bond motifs is 1. The lowest BCUT2D eigenvalue weighted by Gasteiger charge is -2.29. The zero-order valence-corrected chi connectivity index (χ0v) is 16.1. The van der Waals surface area contributed by atoms with Crippen LogP contribution in [0.1, 0.15) is 30.4 Å². The lowest BCUT2D eigenvalue weighted by atomic mass is 10.0. The van der Waals surface area contributed by atoms with E-state index in [0.29, 0.717) is 22.2 Å². The molecule has 0 fully saturated rings. The van der Waals surface area contributed by atoms with Gasteiger partial charge in [0.2, 0.25) is 11.8 Å². The van der Waals surface area contributed by atoms with E-state index >= 15 is 0 Å². The number of halogens is 2. The van der Waals surface area contributed by atoms with E-state index in [9.17, 15) is 9.59 Å². The van der Waals surface area contributed by atoms with Crippen LogP contribution >= 0.6 is 23.2 Å². The van der Waals surface area contributed by atoms with Gasteiger partial charge in [-0.1, -0.05) is 47.5 Å². The molecule has 27 heavy (non-hydrogen) atoms. The number of anilines is 1. The Morgan fingerprint density at radius 2 is 1.81 bits per heavy atom. The van der Waals surface area contributed by atoms with E-state index in [1.165, 1.54) is 11.8 Å². The number of carbonyl (C=O) groups is 2. The summed E-state index contributed by atoms with van der Waals surface area (Å²) in [7, 11) is 0. The quantitative estimate of drug-likeness (QED) is 0.600. The molecule has 0 saturated heterocycles. The summed E-state index contributed by atoms with van der Waals surface area (Å²) in [4.78, 5) is 26.3. The minimum atomic E-state index is -0.340. The van der Waals surface area contributed by atoms with Crippen molar-refractivity contribution in [2.45, 2.75) is 25.7 Å². The van der Waals surface area contributed by atoms with Gasteiger partial charge in [0.15, 0.2) is 0 Å². The number of hydrogen-bond donors (Lipinski definition) is 1. The standard InChI is InChI=1S/C20H19Cl2N3O2/c21-16-7-3-8-17(22)15(16)13-23-24-19(26)10-11-20(27)25-12-4-6-14-5-1-2-9-18(14)25/h1-3,5,7-9,13H,4,6,10-12H2,(H,24,26)/b23-13+. The van der Waals surface area contributed by atoms with Gasteiger partial charge in [-0.25, -0.2) is 5.43 Å². The zero-order valence-electron chi connectivity index (χ0n) is 14.6. The SMILES string of the molecule is O=C(CCC(=O)N1CCCc2ccccc21)N/N=C/c1c(Cl)cccc1Cl. The smallest absolute Gasteiger partial charge is 0.240 e. The highest BCUT2D eigenvalue weighted by Gasteiger charge is 2.22. The molecular weight excluding hydrogens is 385 g/mol. The van der Waals surface area contributed by atoms with Gasteiger partial charge in [0.05, 0.1) is 16.3 Å². The Labute approximate surface area is 168 Å². The molecule has 0 bridgehead atoms. The highest BCUT2D eigenvalue weighted by Crippen LogP contribution is 2.27. The normalized spacial score (nSPS) is 13.5. The molecule has 2 aromatic carbocycles. The van der Waals surface area contributed by atoms with Crippen molar-refractivity contribution in [3.63, 3.8) is 0 Å². The maximum atomic E-state index is 12.5. The lowest BCUT2D eigenvalue weighted by Crippen LogP contribution is -2.36. The van der Waals surface area contributed by atoms with Crippen LogP contribution in [0.25, 0.3) is 0 Å². The average molecular weight is 404 g/mol. The number of aryl methyl sites for hydroxylation is 1. The van der Waals surface area contributed by atoms with Gasteiger partial charge < -0.3 is 4.90 Å². The van der Waals surface area contributed by atoms with Crippen LogP contribution in [-0.2, 0) is 16.0 Å². The number of hydrazone groups is 1. The fourth-order valence-corrected chi connectivity index (χ4v) is 3.50. The molecule has 0 radical (unpaired) electrons. The Bertz CT molecular complexity index is 863. The molecule has 1 N–H and O–H groups in total. The molecule has 0 atom stereocenters. The third-order valence-corrected chi connectivity index (χ3v) is 5.02. The summed E-state index contributed by atoms with van der Waals surface area (Å²) in [6.07, 6.45) is 3.48. The van der Waals surface area contributed by atoms with E-state index in [1.54, 1.807) is 23.1 Å². The Hall–Kier alpha value is -2.37. The first-order valence-corrected chi connectivity index (χ1v) is 9.46. The first-order chi connectivity index (χ1) is 13.1. The van der Waals surface area contributed by atoms with Crippen molar-refractivity contribution in [3.8, 4) is 0 Å². The molecule has 3 rings (SSSR count). The Kier molecular flexibility index (Phi) is 6.48. The molecule has 5 nitrogen and oxygen atoms in total. The van der Waals surface area contributed by atoms with Crippen molar-refractivity contribution < 1.29 is 9.59 Å². The molecule has 2 amide bonds. The summed E-state index contributed by atoms with van der Waals surface area (Å²) in [5.74, 6) is -0.400. The molecule has 0 spiro atoms. The van der Waals surface area contributed by atoms with E-state index in [-0.39, 0.29) is 24.7 Å².